The van der Waals surface area contributed by atoms with Crippen LogP contribution in [0.15, 0.2) is 175 Å². The molecule has 6 aromatic heterocycles. The molecule has 4 N–H and O–H groups in total. The van der Waals surface area contributed by atoms with Crippen molar-refractivity contribution in [2.45, 2.75) is 52.4 Å². The van der Waals surface area contributed by atoms with Crippen LogP contribution in [0.3, 0.4) is 0 Å². The van der Waals surface area contributed by atoms with E-state index < -0.39 is 10.0 Å². The van der Waals surface area contributed by atoms with Gasteiger partial charge in [-0.15, -0.1) is 0 Å². The highest BCUT2D eigenvalue weighted by Gasteiger charge is 2.25. The summed E-state index contributed by atoms with van der Waals surface area (Å²) >= 11 is 0. The highest BCUT2D eigenvalue weighted by atomic mass is 32.2. The fraction of sp³-hybridized carbons (Fsp3) is 0.186. The fourth-order valence-electron chi connectivity index (χ4n) is 11.7. The van der Waals surface area contributed by atoms with E-state index in [9.17, 15) is 8.42 Å². The van der Waals surface area contributed by atoms with Gasteiger partial charge in [0.05, 0.1) is 21.4 Å². The largest absolute Gasteiger partial charge is 0.329 e. The highest BCUT2D eigenvalue weighted by Crippen LogP contribution is 2.40. The van der Waals surface area contributed by atoms with E-state index in [2.05, 4.69) is 135 Å². The van der Waals surface area contributed by atoms with E-state index in [0.29, 0.717) is 52.2 Å². The highest BCUT2D eigenvalue weighted by molar-refractivity contribution is 7.92. The number of aryl methyl sites for hydroxylation is 9. The van der Waals surface area contributed by atoms with Crippen LogP contribution in [0.25, 0.3) is 32.7 Å². The summed E-state index contributed by atoms with van der Waals surface area (Å²) < 4.78 is 37.6. The van der Waals surface area contributed by atoms with Crippen molar-refractivity contribution in [3.05, 3.63) is 221 Å². The molecular formula is C70H69N19O2S. The first-order valence-corrected chi connectivity index (χ1v) is 31.5. The quantitative estimate of drug-likeness (QED) is 0.0586. The normalized spacial score (nSPS) is 11.7. The molecule has 0 saturated carbocycles. The monoisotopic (exact) mass is 1240 g/mol. The lowest BCUT2D eigenvalue weighted by molar-refractivity contribution is 0.600. The van der Waals surface area contributed by atoms with Crippen molar-refractivity contribution in [1.82, 2.24) is 59.2 Å². The Morgan fingerprint density at radius 2 is 0.750 bits per heavy atom. The molecule has 462 valence electrons. The first-order valence-electron chi connectivity index (χ1n) is 30.0. The van der Waals surface area contributed by atoms with Crippen LogP contribution in [-0.2, 0) is 31.2 Å². The Labute approximate surface area is 533 Å². The van der Waals surface area contributed by atoms with Gasteiger partial charge >= 0.3 is 0 Å². The van der Waals surface area contributed by atoms with E-state index in [0.717, 1.165) is 106 Å². The Hall–Kier alpha value is -11.3. The minimum atomic E-state index is -4.13. The third-order valence-corrected chi connectivity index (χ3v) is 18.9. The maximum Gasteiger partial charge on any atom is 0.262 e. The molecule has 0 saturated heterocycles. The Bertz CT molecular complexity index is 4930. The van der Waals surface area contributed by atoms with Gasteiger partial charge in [0.1, 0.15) is 17.5 Å². The number of hydrogen-bond acceptors (Lipinski definition) is 17. The number of fused-ring (bicyclic) bond motifs is 3. The van der Waals surface area contributed by atoms with E-state index >= 15 is 0 Å². The van der Waals surface area contributed by atoms with Gasteiger partial charge in [-0.1, -0.05) is 30.3 Å². The summed E-state index contributed by atoms with van der Waals surface area (Å²) in [5.41, 5.74) is 16.7. The van der Waals surface area contributed by atoms with Crippen LogP contribution < -0.4 is 35.4 Å². The Morgan fingerprint density at radius 1 is 0.402 bits per heavy atom. The third-order valence-electron chi connectivity index (χ3n) is 17.4. The number of sulfonamides is 1. The van der Waals surface area contributed by atoms with Gasteiger partial charge in [-0.2, -0.15) is 30.2 Å². The van der Waals surface area contributed by atoms with Crippen LogP contribution in [0.2, 0.25) is 0 Å². The van der Waals surface area contributed by atoms with Gasteiger partial charge in [-0.25, -0.2) is 23.4 Å². The molecule has 0 aliphatic heterocycles. The van der Waals surface area contributed by atoms with Crippen molar-refractivity contribution in [2.75, 3.05) is 56.5 Å². The van der Waals surface area contributed by atoms with Crippen molar-refractivity contribution in [3.63, 3.8) is 0 Å². The lowest BCUT2D eigenvalue weighted by Crippen LogP contribution is -2.15. The lowest BCUT2D eigenvalue weighted by atomic mass is 9.81. The second-order valence-corrected chi connectivity index (χ2v) is 24.9. The van der Waals surface area contributed by atoms with Gasteiger partial charge in [-0.05, 0) is 196 Å². The molecule has 0 aliphatic rings. The molecule has 0 spiro atoms. The summed E-state index contributed by atoms with van der Waals surface area (Å²) in [7, 11) is 7.59. The molecule has 6 heterocycles. The van der Waals surface area contributed by atoms with Crippen LogP contribution in [0.4, 0.5) is 75.1 Å². The van der Waals surface area contributed by atoms with Crippen molar-refractivity contribution >= 4 is 118 Å². The second kappa shape index (κ2) is 23.9. The number of nitrogens with one attached hydrogen (secondary N) is 4. The van der Waals surface area contributed by atoms with Crippen molar-refractivity contribution in [2.24, 2.45) is 21.1 Å². The molecule has 0 fully saturated rings. The summed E-state index contributed by atoms with van der Waals surface area (Å²) in [5, 5.41) is 27.6. The molecular weight excluding hydrogens is 1170 g/mol. The zero-order valence-electron chi connectivity index (χ0n) is 53.2. The topological polar surface area (TPSA) is 223 Å². The molecule has 92 heavy (non-hydrogen) atoms. The lowest BCUT2D eigenvalue weighted by Gasteiger charge is -2.25. The van der Waals surface area contributed by atoms with Crippen LogP contribution in [0.5, 0.6) is 0 Å². The van der Waals surface area contributed by atoms with Gasteiger partial charge in [0.25, 0.3) is 10.0 Å². The van der Waals surface area contributed by atoms with Crippen LogP contribution in [0, 0.1) is 41.5 Å². The van der Waals surface area contributed by atoms with Crippen molar-refractivity contribution in [1.29, 1.82) is 0 Å². The summed E-state index contributed by atoms with van der Waals surface area (Å²) in [6.07, 6.45) is 5.16. The van der Waals surface area contributed by atoms with Gasteiger partial charge in [0.15, 0.2) is 0 Å². The average molecular weight is 1240 g/mol. The van der Waals surface area contributed by atoms with E-state index in [1.54, 1.807) is 49.8 Å². The Kier molecular flexibility index (Phi) is 15.5. The molecule has 0 bridgehead atoms. The summed E-state index contributed by atoms with van der Waals surface area (Å²) in [4.78, 5) is 34.6. The minimum Gasteiger partial charge on any atom is -0.329 e. The zero-order chi connectivity index (χ0) is 64.3. The number of benzene rings is 7. The summed E-state index contributed by atoms with van der Waals surface area (Å²) in [5.74, 6) is 2.81. The smallest absolute Gasteiger partial charge is 0.262 e. The predicted octanol–water partition coefficient (Wildman–Crippen LogP) is 14.1. The molecule has 7 aromatic carbocycles. The van der Waals surface area contributed by atoms with Gasteiger partial charge in [0, 0.05) is 140 Å². The van der Waals surface area contributed by atoms with Crippen LogP contribution >= 0.6 is 0 Å². The predicted molar refractivity (Wildman–Crippen MR) is 368 cm³/mol. The Morgan fingerprint density at radius 3 is 1.13 bits per heavy atom. The van der Waals surface area contributed by atoms with Gasteiger partial charge in [0.2, 0.25) is 17.8 Å². The molecule has 22 heteroatoms. The molecule has 0 atom stereocenters. The molecule has 13 rings (SSSR count). The molecule has 21 nitrogen and oxygen atoms in total. The van der Waals surface area contributed by atoms with Crippen molar-refractivity contribution < 1.29 is 8.42 Å². The number of anilines is 13. The third kappa shape index (κ3) is 11.7. The standard InChI is InChI=1S/C70H69N19O2S/c1-41-13-18-49(74-68-71-32-29-64(77-68)84(7)52-23-26-55-44(4)87(10)80-60(55)38-52)35-58(41)67(59-36-50(19-14-42(59)2)75-69-72-33-30-65(78-69)85(8)53-24-27-56-45(5)88(11)81-61(56)39-53)47-16-21-48(22-17-47)83-92(90,91)63-37-51(20-15-43(63)3)76-70-73-34-31-66(79-70)86(9)54-25-28-57-46(6)89(12)82-62(57)40-54/h13-40,67,83H,1-12H3,(H,71,74,77)(H,72,75,78)(H,73,76,79). The molecule has 0 amide bonds. The number of hydrogen-bond donors (Lipinski definition) is 4. The van der Waals surface area contributed by atoms with Crippen molar-refractivity contribution in [3.8, 4) is 0 Å². The average Bonchev–Trinajstić information content (AvgIpc) is 1.33. The number of rotatable bonds is 18. The summed E-state index contributed by atoms with van der Waals surface area (Å²) in [6.45, 7) is 12.1. The first-order chi connectivity index (χ1) is 44.2. The molecule has 0 unspecified atom stereocenters. The van der Waals surface area contributed by atoms with Crippen LogP contribution in [0.1, 0.15) is 56.4 Å². The van der Waals surface area contributed by atoms with E-state index in [1.807, 2.05) is 139 Å². The maximum atomic E-state index is 14.5. The van der Waals surface area contributed by atoms with Gasteiger partial charge < -0.3 is 30.7 Å². The van der Waals surface area contributed by atoms with Crippen LogP contribution in [-0.4, -0.2) is 88.8 Å². The second-order valence-electron chi connectivity index (χ2n) is 23.3. The van der Waals surface area contributed by atoms with Gasteiger partial charge in [-0.3, -0.25) is 18.8 Å². The first kappa shape index (κ1) is 59.7. The maximum absolute atomic E-state index is 14.5. The van der Waals surface area contributed by atoms with E-state index in [4.69, 9.17) is 25.1 Å². The molecule has 0 aliphatic carbocycles. The summed E-state index contributed by atoms with van der Waals surface area (Å²) in [6, 6.07) is 49.4. The van der Waals surface area contributed by atoms with E-state index in [1.165, 1.54) is 0 Å². The number of aromatic nitrogens is 12. The molecule has 0 radical (unpaired) electrons. The minimum absolute atomic E-state index is 0.0982. The number of nitrogens with zero attached hydrogens (tertiary/aromatic N) is 15. The SMILES string of the molecule is Cc1ccc(Nc2nccc(N(C)c3ccc4c(C)n(C)nc4c3)n2)cc1C(c1ccc(NS(=O)(=O)c2cc(Nc3nccc(N(C)c4ccc5c(C)n(C)nc5c4)n3)ccc2C)cc1)c1cc(Nc2nccc(N(C)c3ccc4c(C)n(C)nc4c3)n2)ccc1C. The Balaban J connectivity index is 0.792. The fourth-order valence-corrected chi connectivity index (χ4v) is 13.0. The zero-order valence-corrected chi connectivity index (χ0v) is 54.0. The van der Waals surface area contributed by atoms with E-state index in [-0.39, 0.29) is 10.8 Å². The molecule has 13 aromatic rings.